The molecule has 1 atom stereocenters. The molecule has 0 amide bonds. The summed E-state index contributed by atoms with van der Waals surface area (Å²) >= 11 is 0. The van der Waals surface area contributed by atoms with Crippen LogP contribution in [-0.2, 0) is 16.3 Å². The van der Waals surface area contributed by atoms with Gasteiger partial charge in [-0.2, -0.15) is 0 Å². The fourth-order valence-corrected chi connectivity index (χ4v) is 5.49. The van der Waals surface area contributed by atoms with Crippen LogP contribution in [0.15, 0.2) is 65.7 Å². The standard InChI is InChI=1S/C22H21N3O2S/c1-27-16-6-11-20-19(13-16)22-21(3-2-12-24-22)25(20)14-15-4-7-17(8-5-15)28(23,26)18-9-10-18/h2-8,11-13,18,23H,9-10,14H2,1H3. The maximum absolute atomic E-state index is 12.6. The van der Waals surface area contributed by atoms with Crippen molar-refractivity contribution in [2.75, 3.05) is 7.11 Å². The molecule has 5 nitrogen and oxygen atoms in total. The van der Waals surface area contributed by atoms with Gasteiger partial charge in [-0.1, -0.05) is 12.1 Å². The summed E-state index contributed by atoms with van der Waals surface area (Å²) in [6, 6.07) is 17.8. The lowest BCUT2D eigenvalue weighted by Gasteiger charge is -2.10. The highest BCUT2D eigenvalue weighted by Crippen LogP contribution is 2.34. The summed E-state index contributed by atoms with van der Waals surface area (Å²) in [7, 11) is -0.984. The first-order chi connectivity index (χ1) is 13.6. The molecule has 1 saturated carbocycles. The van der Waals surface area contributed by atoms with Crippen LogP contribution < -0.4 is 4.74 Å². The molecule has 0 spiro atoms. The Morgan fingerprint density at radius 3 is 2.64 bits per heavy atom. The largest absolute Gasteiger partial charge is 0.497 e. The molecule has 0 radical (unpaired) electrons. The lowest BCUT2D eigenvalue weighted by molar-refractivity contribution is 0.415. The van der Waals surface area contributed by atoms with Gasteiger partial charge in [0.15, 0.2) is 0 Å². The fourth-order valence-electron chi connectivity index (χ4n) is 3.76. The van der Waals surface area contributed by atoms with Crippen molar-refractivity contribution >= 4 is 31.7 Å². The molecule has 5 rings (SSSR count). The van der Waals surface area contributed by atoms with E-state index in [2.05, 4.69) is 21.7 Å². The zero-order chi connectivity index (χ0) is 19.3. The third kappa shape index (κ3) is 2.76. The average Bonchev–Trinajstić information content (AvgIpc) is 3.54. The summed E-state index contributed by atoms with van der Waals surface area (Å²) in [5, 5.41) is 1.10. The Morgan fingerprint density at radius 1 is 1.14 bits per heavy atom. The van der Waals surface area contributed by atoms with Gasteiger partial charge in [0.25, 0.3) is 0 Å². The minimum Gasteiger partial charge on any atom is -0.497 e. The summed E-state index contributed by atoms with van der Waals surface area (Å²) in [6.45, 7) is 0.681. The number of fused-ring (bicyclic) bond motifs is 3. The number of rotatable bonds is 5. The molecule has 4 aromatic rings. The molecular weight excluding hydrogens is 370 g/mol. The fraction of sp³-hybridized carbons (Fsp3) is 0.227. The second kappa shape index (κ2) is 6.34. The summed E-state index contributed by atoms with van der Waals surface area (Å²) in [6.07, 6.45) is 3.62. The molecule has 1 aliphatic rings. The molecule has 6 heteroatoms. The molecule has 142 valence electrons. The van der Waals surface area contributed by atoms with Crippen molar-refractivity contribution in [2.24, 2.45) is 0 Å². The SMILES string of the molecule is COc1ccc2c(c1)c1ncccc1n2Cc1ccc(S(=N)(=O)C2CC2)cc1. The van der Waals surface area contributed by atoms with E-state index in [1.165, 1.54) is 0 Å². The van der Waals surface area contributed by atoms with Gasteiger partial charge < -0.3 is 9.30 Å². The number of benzene rings is 2. The van der Waals surface area contributed by atoms with Crippen LogP contribution in [0.3, 0.4) is 0 Å². The summed E-state index contributed by atoms with van der Waals surface area (Å²) in [5.41, 5.74) is 4.22. The highest BCUT2D eigenvalue weighted by Gasteiger charge is 2.33. The van der Waals surface area contributed by atoms with Crippen molar-refractivity contribution in [1.82, 2.24) is 9.55 Å². The Bertz CT molecular complexity index is 1290. The number of nitrogens with zero attached hydrogens (tertiary/aromatic N) is 2. The Labute approximate surface area is 163 Å². The molecule has 1 aliphatic carbocycles. The smallest absolute Gasteiger partial charge is 0.119 e. The summed E-state index contributed by atoms with van der Waals surface area (Å²) < 4.78 is 28.5. The Balaban J connectivity index is 1.57. The average molecular weight is 391 g/mol. The van der Waals surface area contributed by atoms with Crippen LogP contribution >= 0.6 is 0 Å². The molecule has 2 heterocycles. The van der Waals surface area contributed by atoms with E-state index in [9.17, 15) is 4.21 Å². The van der Waals surface area contributed by atoms with E-state index in [4.69, 9.17) is 9.52 Å². The molecule has 1 unspecified atom stereocenters. The van der Waals surface area contributed by atoms with E-state index in [1.54, 1.807) is 7.11 Å². The number of nitrogens with one attached hydrogen (secondary N) is 1. The lowest BCUT2D eigenvalue weighted by Crippen LogP contribution is -2.05. The number of ether oxygens (including phenoxy) is 1. The monoisotopic (exact) mass is 391 g/mol. The molecule has 0 aliphatic heterocycles. The van der Waals surface area contributed by atoms with Crippen molar-refractivity contribution in [1.29, 1.82) is 4.78 Å². The quantitative estimate of drug-likeness (QED) is 0.531. The highest BCUT2D eigenvalue weighted by molar-refractivity contribution is 7.93. The van der Waals surface area contributed by atoms with E-state index in [-0.39, 0.29) is 5.25 Å². The van der Waals surface area contributed by atoms with Gasteiger partial charge in [0.2, 0.25) is 0 Å². The van der Waals surface area contributed by atoms with E-state index >= 15 is 0 Å². The zero-order valence-corrected chi connectivity index (χ0v) is 16.4. The van der Waals surface area contributed by atoms with Gasteiger partial charge in [0.1, 0.15) is 5.75 Å². The predicted molar refractivity (Wildman–Crippen MR) is 111 cm³/mol. The molecule has 2 aromatic carbocycles. The topological polar surface area (TPSA) is 68.0 Å². The van der Waals surface area contributed by atoms with Gasteiger partial charge in [-0.3, -0.25) is 4.98 Å². The van der Waals surface area contributed by atoms with Gasteiger partial charge in [0, 0.05) is 28.3 Å². The first-order valence-corrected chi connectivity index (χ1v) is 11.0. The Morgan fingerprint density at radius 2 is 1.93 bits per heavy atom. The summed E-state index contributed by atoms with van der Waals surface area (Å²) in [5.74, 6) is 0.812. The Hall–Kier alpha value is -2.86. The van der Waals surface area contributed by atoms with Crippen molar-refractivity contribution in [3.05, 3.63) is 66.4 Å². The first kappa shape index (κ1) is 17.3. The van der Waals surface area contributed by atoms with E-state index < -0.39 is 9.73 Å². The van der Waals surface area contributed by atoms with Gasteiger partial charge in [0.05, 0.1) is 33.4 Å². The second-order valence-electron chi connectivity index (χ2n) is 7.28. The van der Waals surface area contributed by atoms with Gasteiger partial charge in [-0.15, -0.1) is 0 Å². The third-order valence-electron chi connectivity index (χ3n) is 5.43. The van der Waals surface area contributed by atoms with Gasteiger partial charge >= 0.3 is 0 Å². The van der Waals surface area contributed by atoms with Crippen LogP contribution in [0.25, 0.3) is 21.9 Å². The molecule has 0 bridgehead atoms. The number of hydrogen-bond acceptors (Lipinski definition) is 4. The van der Waals surface area contributed by atoms with E-state index in [0.717, 1.165) is 46.1 Å². The van der Waals surface area contributed by atoms with Crippen molar-refractivity contribution in [3.8, 4) is 5.75 Å². The number of methoxy groups -OCH3 is 1. The highest BCUT2D eigenvalue weighted by atomic mass is 32.2. The van der Waals surface area contributed by atoms with Crippen molar-refractivity contribution in [2.45, 2.75) is 29.5 Å². The van der Waals surface area contributed by atoms with Crippen molar-refractivity contribution in [3.63, 3.8) is 0 Å². The number of aromatic nitrogens is 2. The maximum Gasteiger partial charge on any atom is 0.119 e. The van der Waals surface area contributed by atoms with E-state index in [0.29, 0.717) is 11.4 Å². The van der Waals surface area contributed by atoms with Crippen LogP contribution in [-0.4, -0.2) is 26.1 Å². The van der Waals surface area contributed by atoms with Crippen LogP contribution in [0.2, 0.25) is 0 Å². The zero-order valence-electron chi connectivity index (χ0n) is 15.6. The molecular formula is C22H21N3O2S. The predicted octanol–water partition coefficient (Wildman–Crippen LogP) is 4.81. The molecule has 1 fully saturated rings. The van der Waals surface area contributed by atoms with Crippen LogP contribution in [0.4, 0.5) is 0 Å². The van der Waals surface area contributed by atoms with Crippen LogP contribution in [0, 0.1) is 4.78 Å². The van der Waals surface area contributed by atoms with Gasteiger partial charge in [-0.05, 0) is 60.9 Å². The second-order valence-corrected chi connectivity index (χ2v) is 9.62. The van der Waals surface area contributed by atoms with Crippen LogP contribution in [0.1, 0.15) is 18.4 Å². The summed E-state index contributed by atoms with van der Waals surface area (Å²) in [4.78, 5) is 5.23. The van der Waals surface area contributed by atoms with Gasteiger partial charge in [-0.25, -0.2) is 8.99 Å². The normalized spacial score (nSPS) is 16.3. The maximum atomic E-state index is 12.6. The Kier molecular flexibility index (Phi) is 3.91. The number of pyridine rings is 1. The lowest BCUT2D eigenvalue weighted by atomic mass is 10.2. The molecule has 28 heavy (non-hydrogen) atoms. The molecule has 1 N–H and O–H groups in total. The van der Waals surface area contributed by atoms with Crippen LogP contribution in [0.5, 0.6) is 5.75 Å². The minimum atomic E-state index is -2.65. The molecule has 0 saturated heterocycles. The number of hydrogen-bond donors (Lipinski definition) is 1. The third-order valence-corrected chi connectivity index (χ3v) is 7.82. The minimum absolute atomic E-state index is 0.0386. The molecule has 2 aromatic heterocycles. The van der Waals surface area contributed by atoms with E-state index in [1.807, 2.05) is 48.7 Å². The first-order valence-electron chi connectivity index (χ1n) is 9.35. The van der Waals surface area contributed by atoms with Crippen molar-refractivity contribution < 1.29 is 8.95 Å².